The second kappa shape index (κ2) is 5.06. The molecule has 0 fully saturated rings. The fraction of sp³-hybridized carbons (Fsp3) is 0.300. The summed E-state index contributed by atoms with van der Waals surface area (Å²) in [6.45, 7) is 0. The molecule has 108 valence electrons. The summed E-state index contributed by atoms with van der Waals surface area (Å²) in [5.41, 5.74) is 0.236. The second-order valence-corrected chi connectivity index (χ2v) is 5.88. The third-order valence-corrected chi connectivity index (χ3v) is 3.84. The molecular weight excluding hydrogens is 286 g/mol. The van der Waals surface area contributed by atoms with E-state index in [2.05, 4.69) is 14.8 Å². The molecule has 20 heavy (non-hydrogen) atoms. The zero-order valence-corrected chi connectivity index (χ0v) is 11.6. The van der Waals surface area contributed by atoms with Gasteiger partial charge in [-0.2, -0.15) is 9.82 Å². The number of carboxylic acids is 1. The summed E-state index contributed by atoms with van der Waals surface area (Å²) in [4.78, 5) is 14.9. The minimum absolute atomic E-state index is 0.236. The zero-order valence-electron chi connectivity index (χ0n) is 10.8. The molecule has 0 radical (unpaired) electrons. The number of carboxylic acid groups (broad SMARTS) is 1. The number of imidazole rings is 1. The Balaban J connectivity index is 2.31. The van der Waals surface area contributed by atoms with E-state index >= 15 is 0 Å². The van der Waals surface area contributed by atoms with Gasteiger partial charge in [-0.15, -0.1) is 0 Å². The maximum absolute atomic E-state index is 12.1. The first-order chi connectivity index (χ1) is 9.29. The van der Waals surface area contributed by atoms with Crippen LogP contribution in [0.5, 0.6) is 0 Å². The molecule has 10 heteroatoms. The van der Waals surface area contributed by atoms with Crippen LogP contribution < -0.4 is 4.72 Å². The van der Waals surface area contributed by atoms with E-state index in [1.165, 1.54) is 34.2 Å². The Morgan fingerprint density at radius 2 is 2.10 bits per heavy atom. The Morgan fingerprint density at radius 1 is 1.40 bits per heavy atom. The van der Waals surface area contributed by atoms with Crippen LogP contribution >= 0.6 is 0 Å². The van der Waals surface area contributed by atoms with Crippen molar-refractivity contribution in [2.45, 2.75) is 11.1 Å². The summed E-state index contributed by atoms with van der Waals surface area (Å²) >= 11 is 0. The van der Waals surface area contributed by atoms with Crippen LogP contribution in [0, 0.1) is 0 Å². The van der Waals surface area contributed by atoms with Crippen molar-refractivity contribution in [3.05, 3.63) is 30.5 Å². The first-order valence-electron chi connectivity index (χ1n) is 5.51. The van der Waals surface area contributed by atoms with E-state index in [9.17, 15) is 13.2 Å². The molecule has 2 aromatic heterocycles. The summed E-state index contributed by atoms with van der Waals surface area (Å²) in [6, 6.07) is -1.42. The lowest BCUT2D eigenvalue weighted by Gasteiger charge is -2.11. The van der Waals surface area contributed by atoms with Crippen molar-refractivity contribution >= 4 is 16.0 Å². The van der Waals surface area contributed by atoms with Crippen LogP contribution in [0.2, 0.25) is 0 Å². The molecule has 0 aromatic carbocycles. The average Bonchev–Trinajstić information content (AvgIpc) is 2.95. The average molecular weight is 299 g/mol. The highest BCUT2D eigenvalue weighted by atomic mass is 32.2. The largest absolute Gasteiger partial charge is 0.480 e. The van der Waals surface area contributed by atoms with Gasteiger partial charge >= 0.3 is 5.97 Å². The number of carbonyl (C=O) groups is 1. The number of hydrogen-bond acceptors (Lipinski definition) is 5. The number of aryl methyl sites for hydroxylation is 2. The summed E-state index contributed by atoms with van der Waals surface area (Å²) in [5.74, 6) is -1.32. The van der Waals surface area contributed by atoms with Gasteiger partial charge in [0.05, 0.1) is 12.5 Å². The standard InChI is InChI=1S/C10H13N5O4S/c1-14-5-8(11-6-14)20(18,19)13-9(10(16)17)7-3-12-15(2)4-7/h3-6,9,13H,1-2H3,(H,16,17). The molecular formula is C10H13N5O4S. The number of aromatic nitrogens is 4. The quantitative estimate of drug-likeness (QED) is 0.750. The van der Waals surface area contributed by atoms with Crippen LogP contribution in [0.15, 0.2) is 29.9 Å². The maximum atomic E-state index is 12.1. The van der Waals surface area contributed by atoms with Gasteiger partial charge in [0.1, 0.15) is 6.04 Å². The minimum Gasteiger partial charge on any atom is -0.480 e. The summed E-state index contributed by atoms with van der Waals surface area (Å²) in [7, 11) is -0.803. The molecule has 1 unspecified atom stereocenters. The lowest BCUT2D eigenvalue weighted by molar-refractivity contribution is -0.139. The Labute approximate surface area is 114 Å². The predicted octanol–water partition coefficient (Wildman–Crippen LogP) is -0.742. The fourth-order valence-corrected chi connectivity index (χ4v) is 2.75. The van der Waals surface area contributed by atoms with Crippen LogP contribution in [0.25, 0.3) is 0 Å². The van der Waals surface area contributed by atoms with E-state index in [-0.39, 0.29) is 10.6 Å². The number of rotatable bonds is 5. The summed E-state index contributed by atoms with van der Waals surface area (Å²) in [5, 5.41) is 12.7. The smallest absolute Gasteiger partial charge is 0.326 e. The Hall–Kier alpha value is -2.20. The van der Waals surface area contributed by atoms with E-state index < -0.39 is 22.0 Å². The number of nitrogens with one attached hydrogen (secondary N) is 1. The normalized spacial score (nSPS) is 13.3. The van der Waals surface area contributed by atoms with E-state index in [4.69, 9.17) is 5.11 Å². The van der Waals surface area contributed by atoms with Gasteiger partial charge in [-0.05, 0) is 0 Å². The van der Waals surface area contributed by atoms with Crippen molar-refractivity contribution in [3.63, 3.8) is 0 Å². The lowest BCUT2D eigenvalue weighted by atomic mass is 10.2. The molecule has 0 saturated heterocycles. The molecule has 0 aliphatic heterocycles. The fourth-order valence-electron chi connectivity index (χ4n) is 1.59. The predicted molar refractivity (Wildman–Crippen MR) is 67.1 cm³/mol. The van der Waals surface area contributed by atoms with Gasteiger partial charge in [-0.3, -0.25) is 9.48 Å². The van der Waals surface area contributed by atoms with E-state index in [0.717, 1.165) is 0 Å². The first kappa shape index (κ1) is 14.2. The molecule has 2 heterocycles. The molecule has 9 nitrogen and oxygen atoms in total. The number of sulfonamides is 1. The van der Waals surface area contributed by atoms with Crippen molar-refractivity contribution in [2.75, 3.05) is 0 Å². The van der Waals surface area contributed by atoms with Gasteiger partial charge in [0, 0.05) is 32.1 Å². The molecule has 0 aliphatic carbocycles. The molecule has 0 spiro atoms. The van der Waals surface area contributed by atoms with Crippen molar-refractivity contribution in [2.24, 2.45) is 14.1 Å². The maximum Gasteiger partial charge on any atom is 0.326 e. The molecule has 2 N–H and O–H groups in total. The van der Waals surface area contributed by atoms with E-state index in [1.54, 1.807) is 14.1 Å². The van der Waals surface area contributed by atoms with Crippen LogP contribution in [0.4, 0.5) is 0 Å². The molecule has 1 atom stereocenters. The number of aliphatic carboxylic acids is 1. The van der Waals surface area contributed by atoms with Crippen LogP contribution in [0.1, 0.15) is 11.6 Å². The molecule has 0 amide bonds. The highest BCUT2D eigenvalue weighted by Gasteiger charge is 2.29. The van der Waals surface area contributed by atoms with Crippen LogP contribution in [-0.4, -0.2) is 38.8 Å². The molecule has 2 rings (SSSR count). The van der Waals surface area contributed by atoms with E-state index in [0.29, 0.717) is 0 Å². The van der Waals surface area contributed by atoms with Crippen molar-refractivity contribution in [1.82, 2.24) is 24.1 Å². The molecule has 0 saturated carbocycles. The number of nitrogens with zero attached hydrogens (tertiary/aromatic N) is 4. The second-order valence-electron chi connectivity index (χ2n) is 4.22. The first-order valence-corrected chi connectivity index (χ1v) is 6.99. The molecule has 0 aliphatic rings. The lowest BCUT2D eigenvalue weighted by Crippen LogP contribution is -2.33. The SMILES string of the molecule is Cn1cnc(S(=O)(=O)NC(C(=O)O)c2cnn(C)c2)c1. The highest BCUT2D eigenvalue weighted by molar-refractivity contribution is 7.89. The third-order valence-electron chi connectivity index (χ3n) is 2.53. The van der Waals surface area contributed by atoms with Crippen molar-refractivity contribution < 1.29 is 18.3 Å². The monoisotopic (exact) mass is 299 g/mol. The zero-order chi connectivity index (χ0) is 14.9. The topological polar surface area (TPSA) is 119 Å². The summed E-state index contributed by atoms with van der Waals surface area (Å²) in [6.07, 6.45) is 5.32. The van der Waals surface area contributed by atoms with Crippen LogP contribution in [0.3, 0.4) is 0 Å². The van der Waals surface area contributed by atoms with Crippen molar-refractivity contribution in [1.29, 1.82) is 0 Å². The van der Waals surface area contributed by atoms with Crippen molar-refractivity contribution in [3.8, 4) is 0 Å². The van der Waals surface area contributed by atoms with Gasteiger partial charge in [0.2, 0.25) is 0 Å². The van der Waals surface area contributed by atoms with Gasteiger partial charge in [0.25, 0.3) is 10.0 Å². The minimum atomic E-state index is -4.02. The Morgan fingerprint density at radius 3 is 2.55 bits per heavy atom. The highest BCUT2D eigenvalue weighted by Crippen LogP contribution is 2.16. The Bertz CT molecular complexity index is 732. The summed E-state index contributed by atoms with van der Waals surface area (Å²) < 4.78 is 29.1. The number of hydrogen-bond donors (Lipinski definition) is 2. The van der Waals surface area contributed by atoms with Gasteiger partial charge < -0.3 is 9.67 Å². The Kier molecular flexibility index (Phi) is 3.59. The van der Waals surface area contributed by atoms with E-state index in [1.807, 2.05) is 0 Å². The molecule has 2 aromatic rings. The third kappa shape index (κ3) is 2.86. The van der Waals surface area contributed by atoms with Gasteiger partial charge in [-0.25, -0.2) is 13.4 Å². The molecule has 0 bridgehead atoms. The van der Waals surface area contributed by atoms with Gasteiger partial charge in [-0.1, -0.05) is 0 Å². The van der Waals surface area contributed by atoms with Crippen LogP contribution in [-0.2, 0) is 28.9 Å². The van der Waals surface area contributed by atoms with Gasteiger partial charge in [0.15, 0.2) is 5.03 Å².